The lowest BCUT2D eigenvalue weighted by Crippen LogP contribution is -2.36. The summed E-state index contributed by atoms with van der Waals surface area (Å²) in [5.74, 6) is 0.668. The quantitative estimate of drug-likeness (QED) is 0.451. The summed E-state index contributed by atoms with van der Waals surface area (Å²) < 4.78 is 16.1. The van der Waals surface area contributed by atoms with Gasteiger partial charge < -0.3 is 15.2 Å². The molecule has 2 N–H and O–H groups in total. The highest BCUT2D eigenvalue weighted by molar-refractivity contribution is 5.95. The minimum atomic E-state index is -0.734. The smallest absolute Gasteiger partial charge is 0.252 e. The Morgan fingerprint density at radius 1 is 1.12 bits per heavy atom. The summed E-state index contributed by atoms with van der Waals surface area (Å²) in [6.07, 6.45) is 5.97. The van der Waals surface area contributed by atoms with Crippen LogP contribution in [-0.4, -0.2) is 35.6 Å². The van der Waals surface area contributed by atoms with Crippen LogP contribution >= 0.6 is 0 Å². The minimum absolute atomic E-state index is 0.272. The summed E-state index contributed by atoms with van der Waals surface area (Å²) in [6.45, 7) is 0.405. The third kappa shape index (κ3) is 4.14. The molecule has 1 aromatic carbocycles. The fourth-order valence-corrected chi connectivity index (χ4v) is 3.69. The van der Waals surface area contributed by atoms with Gasteiger partial charge in [0.05, 0.1) is 12.1 Å². The number of halogens is 1. The van der Waals surface area contributed by atoms with Crippen molar-refractivity contribution in [3.8, 4) is 11.5 Å². The van der Waals surface area contributed by atoms with Gasteiger partial charge in [0.2, 0.25) is 0 Å². The zero-order valence-electron chi connectivity index (χ0n) is 17.9. The van der Waals surface area contributed by atoms with Gasteiger partial charge in [0.25, 0.3) is 5.91 Å². The first kappa shape index (κ1) is 20.7. The maximum absolute atomic E-state index is 14.2. The molecule has 0 spiro atoms. The maximum Gasteiger partial charge on any atom is 0.252 e. The van der Waals surface area contributed by atoms with Gasteiger partial charge in [-0.3, -0.25) is 9.78 Å². The van der Waals surface area contributed by atoms with Gasteiger partial charge in [-0.1, -0.05) is 6.07 Å². The van der Waals surface area contributed by atoms with Crippen LogP contribution in [0.3, 0.4) is 0 Å². The molecule has 0 atom stereocenters. The van der Waals surface area contributed by atoms with Gasteiger partial charge in [-0.05, 0) is 49.2 Å². The van der Waals surface area contributed by atoms with Crippen LogP contribution in [0.1, 0.15) is 34.7 Å². The van der Waals surface area contributed by atoms with Crippen molar-refractivity contribution >= 4 is 11.6 Å². The molecule has 1 aliphatic rings. The molecule has 1 fully saturated rings. The number of nitrogens with zero attached hydrogens (tertiary/aromatic N) is 6. The second-order valence-corrected chi connectivity index (χ2v) is 7.90. The molecule has 33 heavy (non-hydrogen) atoms. The normalized spacial score (nSPS) is 14.0. The largest absolute Gasteiger partial charge is 0.378 e. The summed E-state index contributed by atoms with van der Waals surface area (Å²) in [6, 6.07) is 11.8. The van der Waals surface area contributed by atoms with Crippen molar-refractivity contribution in [2.45, 2.75) is 24.9 Å². The predicted molar refractivity (Wildman–Crippen MR) is 118 cm³/mol. The average molecular weight is 444 g/mol. The van der Waals surface area contributed by atoms with Gasteiger partial charge in [0.1, 0.15) is 23.5 Å². The van der Waals surface area contributed by atoms with Crippen molar-refractivity contribution in [1.29, 1.82) is 0 Å². The lowest BCUT2D eigenvalue weighted by atomic mass is 10.1. The molecule has 3 aromatic heterocycles. The molecular formula is C23H21FN8O. The van der Waals surface area contributed by atoms with Gasteiger partial charge in [0.15, 0.2) is 11.6 Å². The first-order valence-electron chi connectivity index (χ1n) is 10.5. The highest BCUT2D eigenvalue weighted by Crippen LogP contribution is 2.45. The van der Waals surface area contributed by atoms with E-state index in [2.05, 4.69) is 35.8 Å². The highest BCUT2D eigenvalue weighted by atomic mass is 19.1. The first-order chi connectivity index (χ1) is 16.1. The fourth-order valence-electron chi connectivity index (χ4n) is 3.69. The third-order valence-electron chi connectivity index (χ3n) is 5.67. The number of pyridine rings is 1. The van der Waals surface area contributed by atoms with Crippen LogP contribution in [-0.2, 0) is 19.1 Å². The third-order valence-corrected chi connectivity index (χ3v) is 5.67. The van der Waals surface area contributed by atoms with E-state index in [1.165, 1.54) is 18.6 Å². The summed E-state index contributed by atoms with van der Waals surface area (Å²) in [4.78, 5) is 25.2. The Kier molecular flexibility index (Phi) is 5.25. The van der Waals surface area contributed by atoms with Crippen LogP contribution in [0.2, 0.25) is 0 Å². The molecule has 9 nitrogen and oxygen atoms in total. The molecule has 166 valence electrons. The number of amides is 1. The number of aromatic nitrogens is 6. The van der Waals surface area contributed by atoms with E-state index in [1.807, 2.05) is 17.7 Å². The molecule has 0 radical (unpaired) electrons. The van der Waals surface area contributed by atoms with E-state index in [9.17, 15) is 9.18 Å². The van der Waals surface area contributed by atoms with Crippen LogP contribution in [0.4, 0.5) is 10.1 Å². The molecule has 0 saturated heterocycles. The molecule has 0 unspecified atom stereocenters. The number of carbonyl (C=O) groups is 1. The fraction of sp³-hybridized carbons (Fsp3) is 0.217. The molecule has 3 heterocycles. The zero-order chi connectivity index (χ0) is 22.8. The molecule has 1 amide bonds. The molecule has 5 rings (SSSR count). The van der Waals surface area contributed by atoms with E-state index in [4.69, 9.17) is 0 Å². The Balaban J connectivity index is 1.27. The Morgan fingerprint density at radius 2 is 2.00 bits per heavy atom. The standard InChI is InChI=1S/C23H21FN8O/c1-32-19(30-31-21(32)18-7-11-25-14-28-18)13-27-16-5-2-4-15(12-16)22(33)29-23(8-9-23)20-17(24)6-3-10-26-20/h2-7,10-12,14,27H,8-9,13H2,1H3,(H,29,33). The Morgan fingerprint density at radius 3 is 2.76 bits per heavy atom. The number of nitrogens with one attached hydrogen (secondary N) is 2. The molecule has 1 saturated carbocycles. The van der Waals surface area contributed by atoms with Crippen LogP contribution in [0.15, 0.2) is 61.2 Å². The topological polar surface area (TPSA) is 111 Å². The van der Waals surface area contributed by atoms with Crippen LogP contribution in [0.5, 0.6) is 0 Å². The molecule has 0 bridgehead atoms. The average Bonchev–Trinajstić information content (AvgIpc) is 3.52. The second-order valence-electron chi connectivity index (χ2n) is 7.90. The number of hydrogen-bond donors (Lipinski definition) is 2. The van der Waals surface area contributed by atoms with Gasteiger partial charge in [0, 0.05) is 30.7 Å². The summed E-state index contributed by atoms with van der Waals surface area (Å²) in [5, 5.41) is 14.7. The molecule has 4 aromatic rings. The monoisotopic (exact) mass is 444 g/mol. The van der Waals surface area contributed by atoms with Crippen LogP contribution < -0.4 is 10.6 Å². The number of carbonyl (C=O) groups excluding carboxylic acids is 1. The molecule has 10 heteroatoms. The van der Waals surface area contributed by atoms with Crippen molar-refractivity contribution in [3.05, 3.63) is 84.1 Å². The maximum atomic E-state index is 14.2. The van der Waals surface area contributed by atoms with Crippen molar-refractivity contribution < 1.29 is 9.18 Å². The van der Waals surface area contributed by atoms with Crippen molar-refractivity contribution in [3.63, 3.8) is 0 Å². The number of hydrogen-bond acceptors (Lipinski definition) is 7. The van der Waals surface area contributed by atoms with Crippen molar-refractivity contribution in [2.24, 2.45) is 7.05 Å². The Labute approximate surface area is 189 Å². The first-order valence-corrected chi connectivity index (χ1v) is 10.5. The predicted octanol–water partition coefficient (Wildman–Crippen LogP) is 2.84. The molecular weight excluding hydrogens is 423 g/mol. The van der Waals surface area contributed by atoms with Crippen molar-refractivity contribution in [1.82, 2.24) is 35.0 Å². The molecule has 1 aliphatic carbocycles. The van der Waals surface area contributed by atoms with E-state index in [0.29, 0.717) is 42.3 Å². The van der Waals surface area contributed by atoms with E-state index in [-0.39, 0.29) is 11.6 Å². The van der Waals surface area contributed by atoms with Crippen LogP contribution in [0, 0.1) is 5.82 Å². The second kappa shape index (κ2) is 8.38. The van der Waals surface area contributed by atoms with Gasteiger partial charge >= 0.3 is 0 Å². The zero-order valence-corrected chi connectivity index (χ0v) is 17.9. The summed E-state index contributed by atoms with van der Waals surface area (Å²) in [5.41, 5.74) is 1.46. The SMILES string of the molecule is Cn1c(CNc2cccc(C(=O)NC3(c4ncccc4F)CC3)c2)nnc1-c1ccncn1. The number of rotatable bonds is 7. The van der Waals surface area contributed by atoms with Gasteiger partial charge in [-0.2, -0.15) is 0 Å². The number of anilines is 1. The minimum Gasteiger partial charge on any atom is -0.378 e. The van der Waals surface area contributed by atoms with E-state index < -0.39 is 11.4 Å². The van der Waals surface area contributed by atoms with Gasteiger partial charge in [-0.15, -0.1) is 10.2 Å². The Hall–Kier alpha value is -4.21. The van der Waals surface area contributed by atoms with E-state index in [0.717, 1.165) is 5.69 Å². The van der Waals surface area contributed by atoms with Gasteiger partial charge in [-0.25, -0.2) is 14.4 Å². The lowest BCUT2D eigenvalue weighted by Gasteiger charge is -2.18. The number of benzene rings is 1. The Bertz CT molecular complexity index is 1300. The summed E-state index contributed by atoms with van der Waals surface area (Å²) in [7, 11) is 1.87. The highest BCUT2D eigenvalue weighted by Gasteiger charge is 2.48. The van der Waals surface area contributed by atoms with Crippen LogP contribution in [0.25, 0.3) is 11.5 Å². The van der Waals surface area contributed by atoms with E-state index in [1.54, 1.807) is 36.5 Å². The molecule has 0 aliphatic heterocycles. The lowest BCUT2D eigenvalue weighted by molar-refractivity contribution is 0.0929. The summed E-state index contributed by atoms with van der Waals surface area (Å²) >= 11 is 0. The van der Waals surface area contributed by atoms with E-state index >= 15 is 0 Å². The van der Waals surface area contributed by atoms with Crippen molar-refractivity contribution in [2.75, 3.05) is 5.32 Å².